The maximum absolute atomic E-state index is 4.77. The predicted octanol–water partition coefficient (Wildman–Crippen LogP) is 5.59. The number of nitrogens with zero attached hydrogens (tertiary/aromatic N) is 5. The monoisotopic (exact) mass is 463 g/mol. The number of hydrogen-bond donors (Lipinski definition) is 2. The topological polar surface area (TPSA) is 70.9 Å². The molecule has 2 aromatic rings. The molecule has 7 heteroatoms. The van der Waals surface area contributed by atoms with Crippen LogP contribution in [0.2, 0.25) is 0 Å². The summed E-state index contributed by atoms with van der Waals surface area (Å²) in [5.74, 6) is 3.44. The van der Waals surface area contributed by atoms with E-state index >= 15 is 0 Å². The molecule has 1 aliphatic heterocycles. The van der Waals surface area contributed by atoms with Crippen molar-refractivity contribution in [3.8, 4) is 0 Å². The number of hydrogen-bond acceptors (Lipinski definition) is 6. The Bertz CT molecular complexity index is 1090. The molecule has 4 rings (SSSR count). The highest BCUT2D eigenvalue weighted by Crippen LogP contribution is 2.47. The molecular weight excluding hydrogens is 422 g/mol. The highest BCUT2D eigenvalue weighted by Gasteiger charge is 2.40. The van der Waals surface area contributed by atoms with E-state index in [-0.39, 0.29) is 5.41 Å². The minimum Gasteiger partial charge on any atom is -0.325 e. The van der Waals surface area contributed by atoms with Gasteiger partial charge in [0, 0.05) is 36.6 Å². The van der Waals surface area contributed by atoms with Crippen LogP contribution in [0.4, 0.5) is 17.6 Å². The van der Waals surface area contributed by atoms with E-state index in [9.17, 15) is 0 Å². The molecule has 2 atom stereocenters. The van der Waals surface area contributed by atoms with Crippen LogP contribution in [0.1, 0.15) is 58.7 Å². The van der Waals surface area contributed by atoms with Gasteiger partial charge in [-0.15, -0.1) is 0 Å². The van der Waals surface area contributed by atoms with E-state index < -0.39 is 0 Å². The molecule has 0 aromatic carbocycles. The number of aryl methyl sites for hydroxylation is 3. The largest absolute Gasteiger partial charge is 0.325 e. The maximum atomic E-state index is 4.77. The molecule has 34 heavy (non-hydrogen) atoms. The van der Waals surface area contributed by atoms with Crippen LogP contribution in [0.5, 0.6) is 0 Å². The van der Waals surface area contributed by atoms with Crippen molar-refractivity contribution in [3.05, 3.63) is 46.9 Å². The third kappa shape index (κ3) is 4.90. The number of piperidine rings is 1. The van der Waals surface area contributed by atoms with Crippen LogP contribution in [0, 0.1) is 31.1 Å². The molecule has 0 amide bonds. The van der Waals surface area contributed by atoms with E-state index in [0.29, 0.717) is 23.8 Å². The summed E-state index contributed by atoms with van der Waals surface area (Å²) < 4.78 is 1.83. The molecule has 2 N–H and O–H groups in total. The second-order valence-corrected chi connectivity index (χ2v) is 10.7. The molecule has 0 spiro atoms. The minimum atomic E-state index is 0.177. The number of allylic oxidation sites excluding steroid dienone is 3. The van der Waals surface area contributed by atoms with E-state index in [2.05, 4.69) is 72.4 Å². The molecule has 7 nitrogen and oxygen atoms in total. The molecular formula is C27H41N7. The molecule has 0 radical (unpaired) electrons. The van der Waals surface area contributed by atoms with Crippen LogP contribution in [0.15, 0.2) is 35.7 Å². The summed E-state index contributed by atoms with van der Waals surface area (Å²) in [7, 11) is 1.93. The van der Waals surface area contributed by atoms with Gasteiger partial charge in [0.1, 0.15) is 11.6 Å². The van der Waals surface area contributed by atoms with Crippen molar-refractivity contribution in [1.82, 2.24) is 24.6 Å². The number of anilines is 3. The summed E-state index contributed by atoms with van der Waals surface area (Å²) >= 11 is 0. The molecule has 2 aromatic heterocycles. The van der Waals surface area contributed by atoms with E-state index in [1.165, 1.54) is 31.5 Å². The quantitative estimate of drug-likeness (QED) is 0.582. The zero-order chi connectivity index (χ0) is 24.6. The summed E-state index contributed by atoms with van der Waals surface area (Å²) in [5.41, 5.74) is 4.51. The molecule has 1 saturated heterocycles. The number of nitrogens with one attached hydrogen (secondary N) is 2. The average molecular weight is 464 g/mol. The van der Waals surface area contributed by atoms with Gasteiger partial charge in [-0.1, -0.05) is 26.0 Å². The summed E-state index contributed by atoms with van der Waals surface area (Å²) in [5, 5.41) is 11.3. The van der Waals surface area contributed by atoms with E-state index in [4.69, 9.17) is 4.98 Å². The highest BCUT2D eigenvalue weighted by molar-refractivity contribution is 5.59. The Morgan fingerprint density at radius 3 is 2.44 bits per heavy atom. The molecule has 3 heterocycles. The Kier molecular flexibility index (Phi) is 6.85. The first-order valence-electron chi connectivity index (χ1n) is 12.6. The first kappa shape index (κ1) is 24.5. The summed E-state index contributed by atoms with van der Waals surface area (Å²) in [6, 6.07) is 2.65. The lowest BCUT2D eigenvalue weighted by atomic mass is 9.62. The van der Waals surface area contributed by atoms with Gasteiger partial charge in [0.15, 0.2) is 0 Å². The number of aromatic nitrogens is 4. The third-order valence-electron chi connectivity index (χ3n) is 7.96. The second kappa shape index (κ2) is 9.53. The van der Waals surface area contributed by atoms with Gasteiger partial charge in [-0.3, -0.25) is 4.68 Å². The molecule has 0 bridgehead atoms. The fraction of sp³-hybridized carbons (Fsp3) is 0.593. The molecule has 0 saturated carbocycles. The Balaban J connectivity index is 1.49. The maximum Gasteiger partial charge on any atom is 0.229 e. The van der Waals surface area contributed by atoms with Gasteiger partial charge in [-0.25, -0.2) is 4.98 Å². The van der Waals surface area contributed by atoms with Crippen molar-refractivity contribution >= 4 is 17.6 Å². The smallest absolute Gasteiger partial charge is 0.229 e. The van der Waals surface area contributed by atoms with Crippen molar-refractivity contribution in [2.24, 2.45) is 24.3 Å². The third-order valence-corrected chi connectivity index (χ3v) is 7.96. The van der Waals surface area contributed by atoms with Gasteiger partial charge in [-0.05, 0) is 83.4 Å². The molecule has 2 unspecified atom stereocenters. The van der Waals surface area contributed by atoms with Crippen LogP contribution in [0.25, 0.3) is 0 Å². The SMILES string of the molecule is CC1=CC(C)(C2CCN(C(C)C)CC2)C(C)C=C1Nc1ncc(C)c(Nc2cc(C)nn2C)n1. The van der Waals surface area contributed by atoms with Crippen LogP contribution >= 0.6 is 0 Å². The standard InChI is InChI=1S/C27H41N7/c1-17(2)34-11-9-22(10-12-34)27(7)15-18(3)23(13-20(27)5)29-26-28-16-19(4)25(31-26)30-24-14-21(6)32-33(24)8/h13-17,20,22H,9-12H2,1-8H3,(H2,28,29,30,31). The number of likely N-dealkylation sites (tertiary alicyclic amines) is 1. The van der Waals surface area contributed by atoms with Crippen LogP contribution < -0.4 is 10.6 Å². The highest BCUT2D eigenvalue weighted by atomic mass is 15.3. The Hall–Kier alpha value is -2.67. The Labute approximate surface area is 204 Å². The normalized spacial score (nSPS) is 24.2. The molecule has 1 fully saturated rings. The summed E-state index contributed by atoms with van der Waals surface area (Å²) in [6.07, 6.45) is 9.28. The fourth-order valence-electron chi connectivity index (χ4n) is 5.50. The van der Waals surface area contributed by atoms with Gasteiger partial charge in [0.25, 0.3) is 0 Å². The lowest BCUT2D eigenvalue weighted by Crippen LogP contribution is -2.44. The average Bonchev–Trinajstić information content (AvgIpc) is 3.10. The minimum absolute atomic E-state index is 0.177. The van der Waals surface area contributed by atoms with Crippen molar-refractivity contribution in [1.29, 1.82) is 0 Å². The summed E-state index contributed by atoms with van der Waals surface area (Å²) in [4.78, 5) is 11.9. The van der Waals surface area contributed by atoms with Crippen molar-refractivity contribution in [2.45, 2.75) is 67.3 Å². The van der Waals surface area contributed by atoms with Crippen LogP contribution in [-0.4, -0.2) is 43.8 Å². The first-order chi connectivity index (χ1) is 16.1. The Morgan fingerprint density at radius 2 is 1.82 bits per heavy atom. The van der Waals surface area contributed by atoms with Crippen molar-refractivity contribution < 1.29 is 0 Å². The van der Waals surface area contributed by atoms with Gasteiger partial charge < -0.3 is 15.5 Å². The van der Waals surface area contributed by atoms with Gasteiger partial charge in [-0.2, -0.15) is 10.1 Å². The van der Waals surface area contributed by atoms with Crippen molar-refractivity contribution in [2.75, 3.05) is 23.7 Å². The molecule has 2 aliphatic rings. The second-order valence-electron chi connectivity index (χ2n) is 10.7. The number of rotatable bonds is 6. The molecule has 184 valence electrons. The van der Waals surface area contributed by atoms with Crippen LogP contribution in [-0.2, 0) is 7.05 Å². The van der Waals surface area contributed by atoms with Gasteiger partial charge in [0.05, 0.1) is 5.69 Å². The summed E-state index contributed by atoms with van der Waals surface area (Å²) in [6.45, 7) is 18.0. The van der Waals surface area contributed by atoms with Gasteiger partial charge in [0.2, 0.25) is 5.95 Å². The molecule has 1 aliphatic carbocycles. The fourth-order valence-corrected chi connectivity index (χ4v) is 5.50. The lowest BCUT2D eigenvalue weighted by Gasteiger charge is -2.46. The van der Waals surface area contributed by atoms with E-state index in [1.807, 2.05) is 37.8 Å². The lowest BCUT2D eigenvalue weighted by molar-refractivity contribution is 0.0783. The van der Waals surface area contributed by atoms with E-state index in [0.717, 1.165) is 28.6 Å². The zero-order valence-electron chi connectivity index (χ0n) is 22.1. The van der Waals surface area contributed by atoms with Gasteiger partial charge >= 0.3 is 0 Å². The zero-order valence-corrected chi connectivity index (χ0v) is 22.1. The predicted molar refractivity (Wildman–Crippen MR) is 140 cm³/mol. The Morgan fingerprint density at radius 1 is 1.12 bits per heavy atom. The van der Waals surface area contributed by atoms with Crippen LogP contribution in [0.3, 0.4) is 0 Å². The first-order valence-corrected chi connectivity index (χ1v) is 12.6. The van der Waals surface area contributed by atoms with E-state index in [1.54, 1.807) is 0 Å². The van der Waals surface area contributed by atoms with Crippen molar-refractivity contribution in [3.63, 3.8) is 0 Å².